The molecule has 0 radical (unpaired) electrons. The fraction of sp³-hybridized carbons (Fsp3) is 0.318. The van der Waals surface area contributed by atoms with Crippen molar-refractivity contribution in [2.45, 2.75) is 45.2 Å². The first-order chi connectivity index (χ1) is 13.2. The molecule has 0 aliphatic heterocycles. The van der Waals surface area contributed by atoms with E-state index in [9.17, 15) is 10.1 Å². The van der Waals surface area contributed by atoms with Gasteiger partial charge in [-0.05, 0) is 61.4 Å². The molecule has 0 fully saturated rings. The molecule has 138 valence electrons. The largest absolute Gasteiger partial charge is 0.384 e. The summed E-state index contributed by atoms with van der Waals surface area (Å²) in [5.74, 6) is -0.378. The average Bonchev–Trinajstić information content (AvgIpc) is 2.71. The summed E-state index contributed by atoms with van der Waals surface area (Å²) in [4.78, 5) is 16.6. The predicted molar refractivity (Wildman–Crippen MR) is 104 cm³/mol. The molecule has 0 saturated carbocycles. The summed E-state index contributed by atoms with van der Waals surface area (Å²) in [5, 5.41) is 15.2. The van der Waals surface area contributed by atoms with Crippen molar-refractivity contribution >= 4 is 5.91 Å². The number of aryl methyl sites for hydroxylation is 2. The van der Waals surface area contributed by atoms with Gasteiger partial charge in [-0.25, -0.2) is 0 Å². The molecule has 1 atom stereocenters. The van der Waals surface area contributed by atoms with Crippen LogP contribution in [-0.4, -0.2) is 10.9 Å². The second kappa shape index (κ2) is 9.00. The Morgan fingerprint density at radius 2 is 2.07 bits per heavy atom. The lowest BCUT2D eigenvalue weighted by Gasteiger charge is -2.20. The van der Waals surface area contributed by atoms with Crippen LogP contribution >= 0.6 is 0 Å². The molecule has 1 aromatic heterocycles. The maximum Gasteiger partial charge on any atom is 0.263 e. The van der Waals surface area contributed by atoms with Crippen LogP contribution in [0.4, 0.5) is 0 Å². The van der Waals surface area contributed by atoms with Gasteiger partial charge in [0.2, 0.25) is 0 Å². The smallest absolute Gasteiger partial charge is 0.263 e. The number of carbonyl (C=O) groups excluding carboxylic acids is 1. The number of carbonyl (C=O) groups is 1. The molecule has 5 heteroatoms. The molecule has 1 unspecified atom stereocenters. The average molecular weight is 360 g/mol. The van der Waals surface area contributed by atoms with Gasteiger partial charge >= 0.3 is 0 Å². The second-order valence-corrected chi connectivity index (χ2v) is 6.80. The number of hydrogen-bond donors (Lipinski definition) is 2. The molecule has 5 nitrogen and oxygen atoms in total. The molecule has 1 aliphatic carbocycles. The highest BCUT2D eigenvalue weighted by Gasteiger charge is 2.16. The van der Waals surface area contributed by atoms with Crippen LogP contribution in [-0.2, 0) is 24.2 Å². The van der Waals surface area contributed by atoms with Crippen LogP contribution in [0.25, 0.3) is 0 Å². The molecule has 1 heterocycles. The van der Waals surface area contributed by atoms with Gasteiger partial charge in [0.05, 0.1) is 18.3 Å². The summed E-state index contributed by atoms with van der Waals surface area (Å²) in [7, 11) is 0. The number of pyridine rings is 1. The highest BCUT2D eigenvalue weighted by Crippen LogP contribution is 2.24. The lowest BCUT2D eigenvalue weighted by Crippen LogP contribution is -2.28. The van der Waals surface area contributed by atoms with Crippen molar-refractivity contribution in [3.8, 4) is 6.07 Å². The van der Waals surface area contributed by atoms with Gasteiger partial charge in [0.1, 0.15) is 11.6 Å². The Morgan fingerprint density at radius 3 is 2.81 bits per heavy atom. The van der Waals surface area contributed by atoms with E-state index in [0.717, 1.165) is 24.1 Å². The summed E-state index contributed by atoms with van der Waals surface area (Å²) in [6, 6.07) is 13.9. The van der Waals surface area contributed by atoms with Crippen molar-refractivity contribution < 1.29 is 4.79 Å². The Morgan fingerprint density at radius 1 is 1.26 bits per heavy atom. The van der Waals surface area contributed by atoms with Crippen molar-refractivity contribution in [1.82, 2.24) is 15.6 Å². The first-order valence-corrected chi connectivity index (χ1v) is 9.33. The SMILES string of the molecule is CC(NC(=O)/C(C#N)=C\NCc1ccccn1)c1ccc2c(c1)CCCC2. The Labute approximate surface area is 160 Å². The number of nitriles is 1. The molecule has 0 spiro atoms. The first kappa shape index (κ1) is 18.7. The van der Waals surface area contributed by atoms with E-state index in [2.05, 4.69) is 33.8 Å². The first-order valence-electron chi connectivity index (χ1n) is 9.33. The monoisotopic (exact) mass is 360 g/mol. The topological polar surface area (TPSA) is 77.8 Å². The molecule has 1 aliphatic rings. The highest BCUT2D eigenvalue weighted by molar-refractivity contribution is 5.97. The minimum Gasteiger partial charge on any atom is -0.384 e. The third kappa shape index (κ3) is 4.95. The fourth-order valence-corrected chi connectivity index (χ4v) is 3.29. The zero-order valence-corrected chi connectivity index (χ0v) is 15.5. The van der Waals surface area contributed by atoms with Crippen molar-refractivity contribution in [3.63, 3.8) is 0 Å². The Kier molecular flexibility index (Phi) is 6.22. The van der Waals surface area contributed by atoms with Gasteiger partial charge < -0.3 is 10.6 Å². The number of aromatic nitrogens is 1. The lowest BCUT2D eigenvalue weighted by molar-refractivity contribution is -0.117. The molecule has 2 N–H and O–H groups in total. The van der Waals surface area contributed by atoms with E-state index in [1.54, 1.807) is 6.20 Å². The number of benzene rings is 1. The summed E-state index contributed by atoms with van der Waals surface area (Å²) >= 11 is 0. The van der Waals surface area contributed by atoms with Crippen LogP contribution in [0.1, 0.15) is 48.2 Å². The van der Waals surface area contributed by atoms with Crippen LogP contribution < -0.4 is 10.6 Å². The summed E-state index contributed by atoms with van der Waals surface area (Å²) < 4.78 is 0. The quantitative estimate of drug-likeness (QED) is 0.612. The van der Waals surface area contributed by atoms with Crippen molar-refractivity contribution in [2.75, 3.05) is 0 Å². The summed E-state index contributed by atoms with van der Waals surface area (Å²) in [6.45, 7) is 2.40. The number of hydrogen-bond acceptors (Lipinski definition) is 4. The molecule has 27 heavy (non-hydrogen) atoms. The predicted octanol–water partition coefficient (Wildman–Crippen LogP) is 3.33. The van der Waals surface area contributed by atoms with Gasteiger partial charge in [-0.1, -0.05) is 24.3 Å². The van der Waals surface area contributed by atoms with E-state index in [-0.39, 0.29) is 17.5 Å². The Hall–Kier alpha value is -3.13. The van der Waals surface area contributed by atoms with Crippen LogP contribution in [0.3, 0.4) is 0 Å². The maximum absolute atomic E-state index is 12.4. The fourth-order valence-electron chi connectivity index (χ4n) is 3.29. The van der Waals surface area contributed by atoms with E-state index in [0.29, 0.717) is 6.54 Å². The minimum atomic E-state index is -0.378. The van der Waals surface area contributed by atoms with Crippen molar-refractivity contribution in [2.24, 2.45) is 0 Å². The molecule has 3 rings (SSSR count). The number of nitrogens with zero attached hydrogens (tertiary/aromatic N) is 2. The van der Waals surface area contributed by atoms with Gasteiger partial charge in [0, 0.05) is 12.4 Å². The standard InChI is InChI=1S/C22H24N4O/c1-16(18-10-9-17-6-2-3-7-19(17)12-18)26-22(27)20(13-23)14-24-15-21-8-4-5-11-25-21/h4-5,8-12,14,16,24H,2-3,6-7,15H2,1H3,(H,26,27)/b20-14-. The van der Waals surface area contributed by atoms with Gasteiger partial charge in [-0.15, -0.1) is 0 Å². The molecule has 1 amide bonds. The number of rotatable bonds is 6. The third-order valence-electron chi connectivity index (χ3n) is 4.84. The molecular weight excluding hydrogens is 336 g/mol. The number of nitrogens with one attached hydrogen (secondary N) is 2. The van der Waals surface area contributed by atoms with Gasteiger partial charge in [-0.2, -0.15) is 5.26 Å². The zero-order valence-electron chi connectivity index (χ0n) is 15.5. The molecular formula is C22H24N4O. The van der Waals surface area contributed by atoms with Crippen molar-refractivity contribution in [1.29, 1.82) is 5.26 Å². The van der Waals surface area contributed by atoms with E-state index in [1.807, 2.05) is 31.2 Å². The normalized spacial score (nSPS) is 14.6. The number of fused-ring (bicyclic) bond motifs is 1. The third-order valence-corrected chi connectivity index (χ3v) is 4.84. The minimum absolute atomic E-state index is 0.0516. The molecule has 1 aromatic carbocycles. The van der Waals surface area contributed by atoms with E-state index in [1.165, 1.54) is 30.2 Å². The highest BCUT2D eigenvalue weighted by atomic mass is 16.1. The van der Waals surface area contributed by atoms with Crippen LogP contribution in [0, 0.1) is 11.3 Å². The Bertz CT molecular complexity index is 868. The van der Waals surface area contributed by atoms with Crippen molar-refractivity contribution in [3.05, 3.63) is 76.8 Å². The molecule has 2 aromatic rings. The second-order valence-electron chi connectivity index (χ2n) is 6.80. The molecule has 0 saturated heterocycles. The van der Waals surface area contributed by atoms with Crippen LogP contribution in [0.5, 0.6) is 0 Å². The Balaban J connectivity index is 1.60. The summed E-state index contributed by atoms with van der Waals surface area (Å²) in [6.07, 6.45) is 7.87. The van der Waals surface area contributed by atoms with E-state index >= 15 is 0 Å². The van der Waals surface area contributed by atoms with Crippen LogP contribution in [0.15, 0.2) is 54.4 Å². The van der Waals surface area contributed by atoms with Crippen LogP contribution in [0.2, 0.25) is 0 Å². The van der Waals surface area contributed by atoms with Gasteiger partial charge in [0.25, 0.3) is 5.91 Å². The van der Waals surface area contributed by atoms with Gasteiger partial charge in [-0.3, -0.25) is 9.78 Å². The summed E-state index contributed by atoms with van der Waals surface area (Å²) in [5.41, 5.74) is 4.76. The van der Waals surface area contributed by atoms with E-state index < -0.39 is 0 Å². The van der Waals surface area contributed by atoms with Gasteiger partial charge in [0.15, 0.2) is 0 Å². The molecule has 0 bridgehead atoms. The van der Waals surface area contributed by atoms with E-state index in [4.69, 9.17) is 0 Å². The maximum atomic E-state index is 12.4. The zero-order chi connectivity index (χ0) is 19.1. The lowest BCUT2D eigenvalue weighted by atomic mass is 9.89. The number of amides is 1.